The first-order valence-corrected chi connectivity index (χ1v) is 14.3. The molecule has 2 aromatic rings. The number of rotatable bonds is 11. The summed E-state index contributed by atoms with van der Waals surface area (Å²) in [5.74, 6) is -0.163. The standard InChI is InChI=1S/C28H41N3O5S/c1-9-20(2)29-27(33)21(3)30(18-22-11-10-12-25(17-22)36-7)26(32)19-31(37(8,34)35)24-15-13-23(14-16-24)28(4,5)6/h10-17,20-21H,9,18-19H2,1-8H3,(H,29,33)/t20-,21-/m1/s1. The Kier molecular flexibility index (Phi) is 10.1. The number of methoxy groups -OCH3 is 1. The van der Waals surface area contributed by atoms with Crippen molar-refractivity contribution in [3.8, 4) is 5.75 Å². The summed E-state index contributed by atoms with van der Waals surface area (Å²) in [4.78, 5) is 28.1. The number of anilines is 1. The molecular formula is C28H41N3O5S. The number of carbonyl (C=O) groups excluding carboxylic acids is 2. The van der Waals surface area contributed by atoms with Crippen molar-refractivity contribution in [1.82, 2.24) is 10.2 Å². The van der Waals surface area contributed by atoms with Gasteiger partial charge in [0.2, 0.25) is 21.8 Å². The van der Waals surface area contributed by atoms with Crippen molar-refractivity contribution in [1.29, 1.82) is 0 Å². The molecule has 0 saturated heterocycles. The molecule has 0 aromatic heterocycles. The normalized spacial score (nSPS) is 13.4. The Morgan fingerprint density at radius 3 is 2.19 bits per heavy atom. The van der Waals surface area contributed by atoms with Gasteiger partial charge in [0.1, 0.15) is 18.3 Å². The van der Waals surface area contributed by atoms with Crippen LogP contribution >= 0.6 is 0 Å². The number of amides is 2. The van der Waals surface area contributed by atoms with Crippen LogP contribution < -0.4 is 14.4 Å². The SMILES string of the molecule is CC[C@@H](C)NC(=O)[C@@H](C)N(Cc1cccc(OC)c1)C(=O)CN(c1ccc(C(C)(C)C)cc1)S(C)(=O)=O. The summed E-state index contributed by atoms with van der Waals surface area (Å²) in [6, 6.07) is 13.5. The first kappa shape index (κ1) is 30.2. The summed E-state index contributed by atoms with van der Waals surface area (Å²) >= 11 is 0. The van der Waals surface area contributed by atoms with Crippen molar-refractivity contribution in [2.45, 2.75) is 72.0 Å². The van der Waals surface area contributed by atoms with Gasteiger partial charge >= 0.3 is 0 Å². The van der Waals surface area contributed by atoms with Gasteiger partial charge in [-0.2, -0.15) is 0 Å². The van der Waals surface area contributed by atoms with E-state index in [0.717, 1.165) is 28.1 Å². The van der Waals surface area contributed by atoms with E-state index < -0.39 is 28.5 Å². The summed E-state index contributed by atoms with van der Waals surface area (Å²) in [6.07, 6.45) is 1.82. The molecule has 2 rings (SSSR count). The Balaban J connectivity index is 2.41. The third-order valence-electron chi connectivity index (χ3n) is 6.36. The fourth-order valence-electron chi connectivity index (χ4n) is 3.76. The zero-order valence-corrected chi connectivity index (χ0v) is 24.1. The van der Waals surface area contributed by atoms with E-state index in [-0.39, 0.29) is 23.9 Å². The molecule has 0 aliphatic heterocycles. The molecule has 1 N–H and O–H groups in total. The highest BCUT2D eigenvalue weighted by Gasteiger charge is 2.30. The Morgan fingerprint density at radius 1 is 1.05 bits per heavy atom. The Hall–Kier alpha value is -3.07. The van der Waals surface area contributed by atoms with E-state index >= 15 is 0 Å². The van der Waals surface area contributed by atoms with Crippen LogP contribution in [-0.4, -0.2) is 57.1 Å². The quantitative estimate of drug-likeness (QED) is 0.471. The van der Waals surface area contributed by atoms with Gasteiger partial charge in [0, 0.05) is 12.6 Å². The van der Waals surface area contributed by atoms with Crippen molar-refractivity contribution in [3.05, 3.63) is 59.7 Å². The molecule has 0 spiro atoms. The molecule has 2 atom stereocenters. The molecule has 0 bridgehead atoms. The van der Waals surface area contributed by atoms with Gasteiger partial charge < -0.3 is 15.0 Å². The fraction of sp³-hybridized carbons (Fsp3) is 0.500. The largest absolute Gasteiger partial charge is 0.497 e. The number of benzene rings is 2. The number of sulfonamides is 1. The highest BCUT2D eigenvalue weighted by molar-refractivity contribution is 7.92. The first-order chi connectivity index (χ1) is 17.2. The molecule has 2 aromatic carbocycles. The summed E-state index contributed by atoms with van der Waals surface area (Å²) in [5.41, 5.74) is 2.10. The van der Waals surface area contributed by atoms with Crippen LogP contribution in [0.4, 0.5) is 5.69 Å². The zero-order valence-electron chi connectivity index (χ0n) is 23.2. The van der Waals surface area contributed by atoms with Gasteiger partial charge in [0.05, 0.1) is 19.1 Å². The van der Waals surface area contributed by atoms with Crippen molar-refractivity contribution >= 4 is 27.5 Å². The minimum Gasteiger partial charge on any atom is -0.497 e. The van der Waals surface area contributed by atoms with E-state index in [1.807, 2.05) is 32.0 Å². The lowest BCUT2D eigenvalue weighted by Crippen LogP contribution is -2.52. The van der Waals surface area contributed by atoms with Gasteiger partial charge in [-0.3, -0.25) is 13.9 Å². The van der Waals surface area contributed by atoms with Gasteiger partial charge in [-0.25, -0.2) is 8.42 Å². The minimum atomic E-state index is -3.78. The van der Waals surface area contributed by atoms with Crippen molar-refractivity contribution < 1.29 is 22.7 Å². The Bertz CT molecular complexity index is 1170. The van der Waals surface area contributed by atoms with E-state index in [2.05, 4.69) is 26.1 Å². The molecule has 37 heavy (non-hydrogen) atoms. The van der Waals surface area contributed by atoms with E-state index in [1.54, 1.807) is 44.4 Å². The summed E-state index contributed by atoms with van der Waals surface area (Å²) in [5, 5.41) is 2.92. The molecule has 0 unspecified atom stereocenters. The lowest BCUT2D eigenvalue weighted by Gasteiger charge is -2.32. The number of carbonyl (C=O) groups is 2. The van der Waals surface area contributed by atoms with Crippen molar-refractivity contribution in [2.75, 3.05) is 24.2 Å². The van der Waals surface area contributed by atoms with Gasteiger partial charge in [-0.05, 0) is 61.1 Å². The number of nitrogens with zero attached hydrogens (tertiary/aromatic N) is 2. The highest BCUT2D eigenvalue weighted by atomic mass is 32.2. The average Bonchev–Trinajstić information content (AvgIpc) is 2.84. The molecule has 0 radical (unpaired) electrons. The number of nitrogens with one attached hydrogen (secondary N) is 1. The molecule has 204 valence electrons. The van der Waals surface area contributed by atoms with E-state index in [4.69, 9.17) is 4.74 Å². The molecule has 0 saturated carbocycles. The van der Waals surface area contributed by atoms with Crippen molar-refractivity contribution in [3.63, 3.8) is 0 Å². The second kappa shape index (κ2) is 12.4. The third-order valence-corrected chi connectivity index (χ3v) is 7.50. The molecule has 9 heteroatoms. The minimum absolute atomic E-state index is 0.0578. The zero-order chi connectivity index (χ0) is 28.0. The second-order valence-electron chi connectivity index (χ2n) is 10.4. The van der Waals surface area contributed by atoms with E-state index in [1.165, 1.54) is 4.90 Å². The average molecular weight is 532 g/mol. The van der Waals surface area contributed by atoms with Crippen LogP contribution in [0.1, 0.15) is 59.1 Å². The predicted octanol–water partition coefficient (Wildman–Crippen LogP) is 4.09. The van der Waals surface area contributed by atoms with Crippen LogP contribution in [0.15, 0.2) is 48.5 Å². The molecular weight excluding hydrogens is 490 g/mol. The van der Waals surface area contributed by atoms with Crippen LogP contribution in [0.2, 0.25) is 0 Å². The van der Waals surface area contributed by atoms with Crippen molar-refractivity contribution in [2.24, 2.45) is 0 Å². The maximum absolute atomic E-state index is 13.7. The highest BCUT2D eigenvalue weighted by Crippen LogP contribution is 2.26. The molecule has 0 heterocycles. The maximum atomic E-state index is 13.7. The molecule has 0 aliphatic rings. The number of hydrogen-bond acceptors (Lipinski definition) is 5. The van der Waals surface area contributed by atoms with E-state index in [9.17, 15) is 18.0 Å². The van der Waals surface area contributed by atoms with Crippen LogP contribution in [0.25, 0.3) is 0 Å². The summed E-state index contributed by atoms with van der Waals surface area (Å²) in [6.45, 7) is 11.4. The van der Waals surface area contributed by atoms with Gasteiger partial charge in [-0.15, -0.1) is 0 Å². The van der Waals surface area contributed by atoms with E-state index in [0.29, 0.717) is 11.4 Å². The number of hydrogen-bond donors (Lipinski definition) is 1. The second-order valence-corrected chi connectivity index (χ2v) is 12.3. The Morgan fingerprint density at radius 2 is 1.68 bits per heavy atom. The van der Waals surface area contributed by atoms with Gasteiger partial charge in [0.25, 0.3) is 0 Å². The van der Waals surface area contributed by atoms with Crippen LogP contribution in [0, 0.1) is 0 Å². The smallest absolute Gasteiger partial charge is 0.244 e. The fourth-order valence-corrected chi connectivity index (χ4v) is 4.61. The first-order valence-electron chi connectivity index (χ1n) is 12.5. The molecule has 0 aliphatic carbocycles. The lowest BCUT2D eigenvalue weighted by atomic mass is 9.87. The predicted molar refractivity (Wildman–Crippen MR) is 148 cm³/mol. The monoisotopic (exact) mass is 531 g/mol. The molecule has 2 amide bonds. The molecule has 8 nitrogen and oxygen atoms in total. The summed E-state index contributed by atoms with van der Waals surface area (Å²) in [7, 11) is -2.23. The number of ether oxygens (including phenoxy) is 1. The third kappa shape index (κ3) is 8.49. The molecule has 0 fully saturated rings. The lowest BCUT2D eigenvalue weighted by molar-refractivity contribution is -0.139. The van der Waals surface area contributed by atoms with Crippen LogP contribution in [-0.2, 0) is 31.6 Å². The van der Waals surface area contributed by atoms with Gasteiger partial charge in [0.15, 0.2) is 0 Å². The summed E-state index contributed by atoms with van der Waals surface area (Å²) < 4.78 is 31.9. The van der Waals surface area contributed by atoms with Crippen LogP contribution in [0.3, 0.4) is 0 Å². The van der Waals surface area contributed by atoms with Crippen LogP contribution in [0.5, 0.6) is 5.75 Å². The topological polar surface area (TPSA) is 96.0 Å². The van der Waals surface area contributed by atoms with Gasteiger partial charge in [-0.1, -0.05) is 52.0 Å². The Labute approximate surface area is 222 Å². The maximum Gasteiger partial charge on any atom is 0.244 e.